The van der Waals surface area contributed by atoms with Crippen LogP contribution in [-0.2, 0) is 9.53 Å². The van der Waals surface area contributed by atoms with E-state index in [1.807, 2.05) is 12.1 Å². The van der Waals surface area contributed by atoms with Crippen LogP contribution in [0.4, 0.5) is 0 Å². The average Bonchev–Trinajstić information content (AvgIpc) is 2.39. The predicted octanol–water partition coefficient (Wildman–Crippen LogP) is 3.34. The van der Waals surface area contributed by atoms with Crippen LogP contribution in [-0.4, -0.2) is 18.9 Å². The highest BCUT2D eigenvalue weighted by atomic mass is 16.5. The first-order chi connectivity index (χ1) is 8.58. The number of hydrogen-bond acceptors (Lipinski definition) is 3. The van der Waals surface area contributed by atoms with Crippen LogP contribution in [0.2, 0.25) is 0 Å². The number of Topliss-reactive ketones (excluding diaryl/α,β-unsaturated/α-hetero) is 1. The summed E-state index contributed by atoms with van der Waals surface area (Å²) < 4.78 is 4.66. The van der Waals surface area contributed by atoms with Gasteiger partial charge in [0.1, 0.15) is 5.78 Å². The molecule has 1 aromatic carbocycles. The van der Waals surface area contributed by atoms with E-state index < -0.39 is 0 Å². The summed E-state index contributed by atoms with van der Waals surface area (Å²) in [6, 6.07) is 7.44. The molecule has 1 rings (SSSR count). The van der Waals surface area contributed by atoms with Crippen LogP contribution in [0.15, 0.2) is 24.3 Å². The van der Waals surface area contributed by atoms with Crippen molar-refractivity contribution >= 4 is 11.8 Å². The smallest absolute Gasteiger partial charge is 0.337 e. The number of rotatable bonds is 6. The van der Waals surface area contributed by atoms with E-state index in [-0.39, 0.29) is 11.8 Å². The Morgan fingerprint density at radius 1 is 1.22 bits per heavy atom. The number of carbonyl (C=O) groups excluding carboxylic acids is 2. The fraction of sp³-hybridized carbons (Fsp3) is 0.467. The number of esters is 1. The second kappa shape index (κ2) is 6.94. The van der Waals surface area contributed by atoms with Crippen LogP contribution in [0.3, 0.4) is 0 Å². The Morgan fingerprint density at radius 3 is 2.28 bits per heavy atom. The van der Waals surface area contributed by atoms with Gasteiger partial charge in [-0.25, -0.2) is 4.79 Å². The minimum Gasteiger partial charge on any atom is -0.465 e. The lowest BCUT2D eigenvalue weighted by molar-refractivity contribution is -0.117. The maximum atomic E-state index is 11.3. The first-order valence-electron chi connectivity index (χ1n) is 6.26. The van der Waals surface area contributed by atoms with Crippen molar-refractivity contribution in [1.82, 2.24) is 0 Å². The molecule has 0 aliphatic heterocycles. The van der Waals surface area contributed by atoms with Crippen LogP contribution >= 0.6 is 0 Å². The molecule has 0 unspecified atom stereocenters. The van der Waals surface area contributed by atoms with E-state index in [9.17, 15) is 9.59 Å². The molecule has 0 saturated heterocycles. The molecule has 98 valence electrons. The maximum absolute atomic E-state index is 11.3. The van der Waals surface area contributed by atoms with Gasteiger partial charge in [-0.2, -0.15) is 0 Å². The normalized spacial score (nSPS) is 11.9. The van der Waals surface area contributed by atoms with Crippen molar-refractivity contribution in [3.8, 4) is 0 Å². The van der Waals surface area contributed by atoms with Crippen molar-refractivity contribution in [1.29, 1.82) is 0 Å². The van der Waals surface area contributed by atoms with Gasteiger partial charge in [-0.1, -0.05) is 19.1 Å². The van der Waals surface area contributed by atoms with E-state index in [1.165, 1.54) is 12.7 Å². The number of carbonyl (C=O) groups is 2. The van der Waals surface area contributed by atoms with E-state index in [0.717, 1.165) is 12.8 Å². The Balaban J connectivity index is 2.75. The molecule has 0 spiro atoms. The molecule has 0 radical (unpaired) electrons. The molecule has 0 aliphatic rings. The van der Waals surface area contributed by atoms with E-state index in [1.54, 1.807) is 19.1 Å². The van der Waals surface area contributed by atoms with Crippen LogP contribution < -0.4 is 0 Å². The van der Waals surface area contributed by atoms with Gasteiger partial charge in [0.25, 0.3) is 0 Å². The summed E-state index contributed by atoms with van der Waals surface area (Å²) in [7, 11) is 1.37. The first kappa shape index (κ1) is 14.4. The molecule has 3 nitrogen and oxygen atoms in total. The number of ether oxygens (including phenoxy) is 1. The lowest BCUT2D eigenvalue weighted by atomic mass is 9.90. The van der Waals surface area contributed by atoms with Gasteiger partial charge in [-0.05, 0) is 43.4 Å². The number of ketones is 1. The quantitative estimate of drug-likeness (QED) is 0.725. The van der Waals surface area contributed by atoms with E-state index >= 15 is 0 Å². The van der Waals surface area contributed by atoms with E-state index in [4.69, 9.17) is 0 Å². The molecule has 0 aliphatic carbocycles. The lowest BCUT2D eigenvalue weighted by Gasteiger charge is -2.14. The Bertz CT molecular complexity index is 406. The van der Waals surface area contributed by atoms with Crippen LogP contribution in [0, 0.1) is 0 Å². The largest absolute Gasteiger partial charge is 0.465 e. The van der Waals surface area contributed by atoms with Crippen molar-refractivity contribution in [2.45, 2.75) is 39.0 Å². The molecule has 0 aromatic heterocycles. The Hall–Kier alpha value is -1.64. The summed E-state index contributed by atoms with van der Waals surface area (Å²) in [6.07, 6.45) is 2.46. The molecule has 3 heteroatoms. The molecular formula is C15H20O3. The monoisotopic (exact) mass is 248 g/mol. The topological polar surface area (TPSA) is 43.4 Å². The summed E-state index contributed by atoms with van der Waals surface area (Å²) in [4.78, 5) is 22.3. The van der Waals surface area contributed by atoms with Gasteiger partial charge in [0, 0.05) is 6.42 Å². The minimum absolute atomic E-state index is 0.222. The number of benzene rings is 1. The summed E-state index contributed by atoms with van der Waals surface area (Å²) >= 11 is 0. The molecule has 0 N–H and O–H groups in total. The number of methoxy groups -OCH3 is 1. The molecule has 0 saturated carbocycles. The van der Waals surface area contributed by atoms with Crippen molar-refractivity contribution in [3.63, 3.8) is 0 Å². The molecule has 18 heavy (non-hydrogen) atoms. The van der Waals surface area contributed by atoms with Crippen molar-refractivity contribution in [2.75, 3.05) is 7.11 Å². The molecule has 0 fully saturated rings. The highest BCUT2D eigenvalue weighted by molar-refractivity contribution is 5.89. The highest BCUT2D eigenvalue weighted by Gasteiger charge is 2.11. The second-order valence-electron chi connectivity index (χ2n) is 4.46. The zero-order chi connectivity index (χ0) is 13.5. The summed E-state index contributed by atoms with van der Waals surface area (Å²) in [6.45, 7) is 3.73. The third-order valence-electron chi connectivity index (χ3n) is 3.14. The Kier molecular flexibility index (Phi) is 5.56. The molecule has 0 amide bonds. The minimum atomic E-state index is -0.321. The number of hydrogen-bond donors (Lipinski definition) is 0. The Labute approximate surface area is 108 Å². The van der Waals surface area contributed by atoms with Gasteiger partial charge in [-0.3, -0.25) is 0 Å². The van der Waals surface area contributed by atoms with Crippen LogP contribution in [0.1, 0.15) is 54.9 Å². The molecule has 1 aromatic rings. The van der Waals surface area contributed by atoms with Gasteiger partial charge in [0.05, 0.1) is 12.7 Å². The maximum Gasteiger partial charge on any atom is 0.337 e. The van der Waals surface area contributed by atoms with Crippen molar-refractivity contribution in [3.05, 3.63) is 35.4 Å². The third-order valence-corrected chi connectivity index (χ3v) is 3.14. The van der Waals surface area contributed by atoms with Gasteiger partial charge in [-0.15, -0.1) is 0 Å². The van der Waals surface area contributed by atoms with E-state index in [0.29, 0.717) is 17.9 Å². The van der Waals surface area contributed by atoms with Crippen molar-refractivity contribution < 1.29 is 14.3 Å². The highest BCUT2D eigenvalue weighted by Crippen LogP contribution is 2.25. The molecule has 0 bridgehead atoms. The standard InChI is InChI=1S/C15H20O3/c1-4-12(6-5-11(2)16)13-7-9-14(10-8-13)15(17)18-3/h7-10,12H,4-6H2,1-3H3/t12-/m1/s1. The fourth-order valence-corrected chi connectivity index (χ4v) is 1.99. The van der Waals surface area contributed by atoms with Crippen LogP contribution in [0.5, 0.6) is 0 Å². The van der Waals surface area contributed by atoms with Gasteiger partial charge >= 0.3 is 5.97 Å². The first-order valence-corrected chi connectivity index (χ1v) is 6.26. The zero-order valence-electron chi connectivity index (χ0n) is 11.2. The Morgan fingerprint density at radius 2 is 1.83 bits per heavy atom. The summed E-state index contributed by atoms with van der Waals surface area (Å²) in [5.41, 5.74) is 1.73. The molecule has 1 atom stereocenters. The van der Waals surface area contributed by atoms with Crippen molar-refractivity contribution in [2.24, 2.45) is 0 Å². The third kappa shape index (κ3) is 3.99. The average molecular weight is 248 g/mol. The predicted molar refractivity (Wildman–Crippen MR) is 70.7 cm³/mol. The second-order valence-corrected chi connectivity index (χ2v) is 4.46. The van der Waals surface area contributed by atoms with Gasteiger partial charge in [0.2, 0.25) is 0 Å². The zero-order valence-corrected chi connectivity index (χ0v) is 11.2. The van der Waals surface area contributed by atoms with Crippen LogP contribution in [0.25, 0.3) is 0 Å². The van der Waals surface area contributed by atoms with E-state index in [2.05, 4.69) is 11.7 Å². The lowest BCUT2D eigenvalue weighted by Crippen LogP contribution is -2.04. The molecule has 0 heterocycles. The fourth-order valence-electron chi connectivity index (χ4n) is 1.99. The molecular weight excluding hydrogens is 228 g/mol. The summed E-state index contributed by atoms with van der Waals surface area (Å²) in [5, 5.41) is 0. The van der Waals surface area contributed by atoms with Gasteiger partial charge < -0.3 is 9.53 Å². The summed E-state index contributed by atoms with van der Waals surface area (Å²) in [5.74, 6) is 0.276. The SMILES string of the molecule is CC[C@H](CCC(C)=O)c1ccc(C(=O)OC)cc1. The van der Waals surface area contributed by atoms with Gasteiger partial charge in [0.15, 0.2) is 0 Å².